The van der Waals surface area contributed by atoms with Gasteiger partial charge in [0.2, 0.25) is 11.7 Å². The van der Waals surface area contributed by atoms with Gasteiger partial charge in [-0.15, -0.1) is 0 Å². The Hall–Kier alpha value is -2.50. The second kappa shape index (κ2) is 6.78. The largest absolute Gasteiger partial charge is 0.381 e. The molecule has 0 amide bonds. The third-order valence-electron chi connectivity index (χ3n) is 4.97. The summed E-state index contributed by atoms with van der Waals surface area (Å²) in [7, 11) is 0. The summed E-state index contributed by atoms with van der Waals surface area (Å²) in [6.45, 7) is 1.85. The maximum Gasteiger partial charge on any atom is 0.234 e. The van der Waals surface area contributed by atoms with Crippen LogP contribution < -0.4 is 5.73 Å². The van der Waals surface area contributed by atoms with E-state index >= 15 is 0 Å². The summed E-state index contributed by atoms with van der Waals surface area (Å²) in [4.78, 5) is 4.64. The van der Waals surface area contributed by atoms with Crippen LogP contribution in [-0.4, -0.2) is 29.9 Å². The van der Waals surface area contributed by atoms with Gasteiger partial charge >= 0.3 is 0 Å². The molecule has 2 aromatic carbocycles. The van der Waals surface area contributed by atoms with Crippen LogP contribution in [-0.2, 0) is 10.2 Å². The van der Waals surface area contributed by atoms with E-state index in [0.29, 0.717) is 31.5 Å². The fourth-order valence-electron chi connectivity index (χ4n) is 3.27. The van der Waals surface area contributed by atoms with Crippen molar-refractivity contribution >= 4 is 0 Å². The van der Waals surface area contributed by atoms with Gasteiger partial charge in [-0.1, -0.05) is 59.8 Å². The number of nitrogens with two attached hydrogens (primary N) is 1. The molecule has 0 spiro atoms. The zero-order valence-corrected chi connectivity index (χ0v) is 14.0. The van der Waals surface area contributed by atoms with Crippen molar-refractivity contribution in [2.75, 3.05) is 19.8 Å². The third kappa shape index (κ3) is 3.08. The molecule has 0 saturated carbocycles. The molecule has 5 nitrogen and oxygen atoms in total. The van der Waals surface area contributed by atoms with E-state index in [1.165, 1.54) is 5.56 Å². The number of nitrogens with zero attached hydrogens (tertiary/aromatic N) is 2. The van der Waals surface area contributed by atoms with Gasteiger partial charge < -0.3 is 15.0 Å². The first kappa shape index (κ1) is 16.0. The molecule has 2 heterocycles. The van der Waals surface area contributed by atoms with E-state index in [2.05, 4.69) is 34.4 Å². The van der Waals surface area contributed by atoms with Crippen LogP contribution in [0.25, 0.3) is 22.5 Å². The van der Waals surface area contributed by atoms with Crippen LogP contribution in [0.3, 0.4) is 0 Å². The highest BCUT2D eigenvalue weighted by Gasteiger charge is 2.38. The van der Waals surface area contributed by atoms with Crippen LogP contribution in [0.2, 0.25) is 0 Å². The van der Waals surface area contributed by atoms with Crippen LogP contribution >= 0.6 is 0 Å². The number of hydrogen-bond donors (Lipinski definition) is 1. The molecule has 0 aliphatic carbocycles. The lowest BCUT2D eigenvalue weighted by Gasteiger charge is -2.32. The van der Waals surface area contributed by atoms with Crippen LogP contribution in [0.1, 0.15) is 18.7 Å². The van der Waals surface area contributed by atoms with Crippen LogP contribution in [0.5, 0.6) is 0 Å². The quantitative estimate of drug-likeness (QED) is 0.791. The van der Waals surface area contributed by atoms with Gasteiger partial charge in [-0.25, -0.2) is 0 Å². The molecule has 25 heavy (non-hydrogen) atoms. The van der Waals surface area contributed by atoms with Crippen molar-refractivity contribution in [3.8, 4) is 22.5 Å². The molecule has 1 fully saturated rings. The second-order valence-corrected chi connectivity index (χ2v) is 6.46. The minimum absolute atomic E-state index is 0.256. The highest BCUT2D eigenvalue weighted by molar-refractivity contribution is 5.67. The first-order valence-corrected chi connectivity index (χ1v) is 8.59. The van der Waals surface area contributed by atoms with E-state index in [1.807, 2.05) is 30.3 Å². The molecule has 1 saturated heterocycles. The molecular weight excluding hydrogens is 314 g/mol. The molecule has 0 radical (unpaired) electrons. The zero-order chi connectivity index (χ0) is 17.1. The van der Waals surface area contributed by atoms with Crippen molar-refractivity contribution in [2.45, 2.75) is 18.3 Å². The zero-order valence-electron chi connectivity index (χ0n) is 14.0. The molecule has 0 unspecified atom stereocenters. The van der Waals surface area contributed by atoms with Gasteiger partial charge in [0.1, 0.15) is 0 Å². The lowest BCUT2D eigenvalue weighted by Crippen LogP contribution is -2.40. The van der Waals surface area contributed by atoms with E-state index in [-0.39, 0.29) is 5.41 Å². The predicted octanol–water partition coefficient (Wildman–Crippen LogP) is 3.41. The van der Waals surface area contributed by atoms with Crippen molar-refractivity contribution < 1.29 is 9.26 Å². The number of benzene rings is 2. The number of aromatic nitrogens is 2. The molecular formula is C20H21N3O2. The minimum atomic E-state index is -0.256. The smallest absolute Gasteiger partial charge is 0.234 e. The van der Waals surface area contributed by atoms with Crippen molar-refractivity contribution in [3.63, 3.8) is 0 Å². The van der Waals surface area contributed by atoms with E-state index in [9.17, 15) is 0 Å². The summed E-state index contributed by atoms with van der Waals surface area (Å²) in [5.74, 6) is 1.23. The molecule has 0 atom stereocenters. The molecule has 4 rings (SSSR count). The third-order valence-corrected chi connectivity index (χ3v) is 4.97. The predicted molar refractivity (Wildman–Crippen MR) is 96.0 cm³/mol. The Balaban J connectivity index is 1.60. The van der Waals surface area contributed by atoms with Gasteiger partial charge in [0.15, 0.2) is 0 Å². The Labute approximate surface area is 146 Å². The number of rotatable bonds is 4. The highest BCUT2D eigenvalue weighted by Crippen LogP contribution is 2.34. The van der Waals surface area contributed by atoms with Crippen molar-refractivity contribution in [3.05, 3.63) is 60.5 Å². The van der Waals surface area contributed by atoms with Gasteiger partial charge in [0, 0.05) is 25.3 Å². The fraction of sp³-hybridized carbons (Fsp3) is 0.300. The molecule has 1 aliphatic rings. The summed E-state index contributed by atoms with van der Waals surface area (Å²) in [6.07, 6.45) is 1.64. The summed E-state index contributed by atoms with van der Waals surface area (Å²) in [5, 5.41) is 4.17. The average molecular weight is 335 g/mol. The molecule has 2 N–H and O–H groups in total. The Morgan fingerprint density at radius 2 is 1.52 bits per heavy atom. The Morgan fingerprint density at radius 3 is 2.20 bits per heavy atom. The van der Waals surface area contributed by atoms with Gasteiger partial charge in [-0.3, -0.25) is 0 Å². The lowest BCUT2D eigenvalue weighted by molar-refractivity contribution is 0.0409. The summed E-state index contributed by atoms with van der Waals surface area (Å²) in [6, 6.07) is 18.5. The van der Waals surface area contributed by atoms with Crippen LogP contribution in [0, 0.1) is 0 Å². The van der Waals surface area contributed by atoms with Crippen LogP contribution in [0.15, 0.2) is 59.1 Å². The van der Waals surface area contributed by atoms with Gasteiger partial charge in [0.05, 0.1) is 5.41 Å². The molecule has 128 valence electrons. The lowest BCUT2D eigenvalue weighted by atomic mass is 9.80. The Bertz CT molecular complexity index is 822. The maximum atomic E-state index is 6.02. The Kier molecular flexibility index (Phi) is 4.34. The van der Waals surface area contributed by atoms with E-state index in [0.717, 1.165) is 24.0 Å². The first-order chi connectivity index (χ1) is 12.3. The fourth-order valence-corrected chi connectivity index (χ4v) is 3.27. The van der Waals surface area contributed by atoms with Crippen molar-refractivity contribution in [2.24, 2.45) is 5.73 Å². The summed E-state index contributed by atoms with van der Waals surface area (Å²) in [5.41, 5.74) is 9.05. The normalized spacial score (nSPS) is 16.7. The average Bonchev–Trinajstić information content (AvgIpc) is 3.20. The standard InChI is InChI=1S/C20H21N3O2/c21-14-20(10-12-24-13-11-20)19-22-18(23-25-19)17-8-6-16(7-9-17)15-4-2-1-3-5-15/h1-9H,10-14,21H2. The SMILES string of the molecule is NCC1(c2nc(-c3ccc(-c4ccccc4)cc3)no2)CCOCC1. The first-order valence-electron chi connectivity index (χ1n) is 8.59. The molecule has 5 heteroatoms. The topological polar surface area (TPSA) is 74.2 Å². The van der Waals surface area contributed by atoms with Crippen molar-refractivity contribution in [1.29, 1.82) is 0 Å². The summed E-state index contributed by atoms with van der Waals surface area (Å²) < 4.78 is 11.0. The number of ether oxygens (including phenoxy) is 1. The number of hydrogen-bond acceptors (Lipinski definition) is 5. The van der Waals surface area contributed by atoms with Gasteiger partial charge in [-0.05, 0) is 24.0 Å². The molecule has 1 aliphatic heterocycles. The highest BCUT2D eigenvalue weighted by atomic mass is 16.5. The summed E-state index contributed by atoms with van der Waals surface area (Å²) >= 11 is 0. The maximum absolute atomic E-state index is 6.02. The minimum Gasteiger partial charge on any atom is -0.381 e. The van der Waals surface area contributed by atoms with E-state index in [4.69, 9.17) is 15.0 Å². The van der Waals surface area contributed by atoms with Gasteiger partial charge in [-0.2, -0.15) is 4.98 Å². The molecule has 3 aromatic rings. The van der Waals surface area contributed by atoms with Crippen molar-refractivity contribution in [1.82, 2.24) is 10.1 Å². The van der Waals surface area contributed by atoms with E-state index < -0.39 is 0 Å². The monoisotopic (exact) mass is 335 g/mol. The van der Waals surface area contributed by atoms with Crippen LogP contribution in [0.4, 0.5) is 0 Å². The second-order valence-electron chi connectivity index (χ2n) is 6.46. The Morgan fingerprint density at radius 1 is 0.880 bits per heavy atom. The van der Waals surface area contributed by atoms with E-state index in [1.54, 1.807) is 0 Å². The van der Waals surface area contributed by atoms with Gasteiger partial charge in [0.25, 0.3) is 0 Å². The molecule has 1 aromatic heterocycles. The molecule has 0 bridgehead atoms.